The van der Waals surface area contributed by atoms with E-state index < -0.39 is 18.1 Å². The van der Waals surface area contributed by atoms with E-state index in [2.05, 4.69) is 9.72 Å². The SMILES string of the molecule is COC(=O)C(c1c(C)[nH]c2ccc(OC)cc12)C(F)(F)F. The van der Waals surface area contributed by atoms with Crippen LogP contribution in [0.1, 0.15) is 17.2 Å². The van der Waals surface area contributed by atoms with Crippen molar-refractivity contribution in [2.45, 2.75) is 19.0 Å². The number of carbonyl (C=O) groups is 1. The van der Waals surface area contributed by atoms with Gasteiger partial charge in [-0.05, 0) is 25.1 Å². The zero-order chi connectivity index (χ0) is 15.8. The van der Waals surface area contributed by atoms with Gasteiger partial charge in [0.05, 0.1) is 14.2 Å². The van der Waals surface area contributed by atoms with E-state index >= 15 is 0 Å². The van der Waals surface area contributed by atoms with Crippen molar-refractivity contribution in [3.63, 3.8) is 0 Å². The maximum absolute atomic E-state index is 13.3. The monoisotopic (exact) mass is 301 g/mol. The third kappa shape index (κ3) is 2.68. The van der Waals surface area contributed by atoms with Crippen molar-refractivity contribution >= 4 is 16.9 Å². The first-order chi connectivity index (χ1) is 9.79. The van der Waals surface area contributed by atoms with Gasteiger partial charge in [0.2, 0.25) is 0 Å². The van der Waals surface area contributed by atoms with Gasteiger partial charge in [0, 0.05) is 22.2 Å². The Balaban J connectivity index is 2.72. The highest BCUT2D eigenvalue weighted by molar-refractivity contribution is 5.92. The number of halogens is 3. The first-order valence-electron chi connectivity index (χ1n) is 6.10. The number of carbonyl (C=O) groups excluding carboxylic acids is 1. The minimum atomic E-state index is -4.74. The van der Waals surface area contributed by atoms with Crippen LogP contribution < -0.4 is 4.74 Å². The number of methoxy groups -OCH3 is 2. The van der Waals surface area contributed by atoms with Crippen molar-refractivity contribution in [3.05, 3.63) is 29.5 Å². The summed E-state index contributed by atoms with van der Waals surface area (Å²) in [5.74, 6) is -3.26. The van der Waals surface area contributed by atoms with Crippen molar-refractivity contribution < 1.29 is 27.4 Å². The van der Waals surface area contributed by atoms with Gasteiger partial charge >= 0.3 is 12.1 Å². The molecule has 0 aliphatic rings. The summed E-state index contributed by atoms with van der Waals surface area (Å²) in [5, 5.41) is 0.291. The van der Waals surface area contributed by atoms with E-state index in [-0.39, 0.29) is 11.3 Å². The highest BCUT2D eigenvalue weighted by Gasteiger charge is 2.48. The van der Waals surface area contributed by atoms with Crippen LogP contribution in [0.3, 0.4) is 0 Å². The number of esters is 1. The van der Waals surface area contributed by atoms with Gasteiger partial charge in [0.15, 0.2) is 5.92 Å². The van der Waals surface area contributed by atoms with Crippen LogP contribution in [0.4, 0.5) is 13.2 Å². The van der Waals surface area contributed by atoms with E-state index in [0.717, 1.165) is 7.11 Å². The fourth-order valence-electron chi connectivity index (χ4n) is 2.36. The van der Waals surface area contributed by atoms with E-state index in [1.54, 1.807) is 12.1 Å². The number of hydrogen-bond donors (Lipinski definition) is 1. The first-order valence-corrected chi connectivity index (χ1v) is 6.10. The maximum atomic E-state index is 13.3. The van der Waals surface area contributed by atoms with E-state index in [4.69, 9.17) is 4.74 Å². The summed E-state index contributed by atoms with van der Waals surface area (Å²) < 4.78 is 49.1. The maximum Gasteiger partial charge on any atom is 0.406 e. The normalized spacial score (nSPS) is 13.2. The Morgan fingerprint density at radius 2 is 1.95 bits per heavy atom. The van der Waals surface area contributed by atoms with Crippen molar-refractivity contribution in [1.29, 1.82) is 0 Å². The number of aryl methyl sites for hydroxylation is 1. The summed E-state index contributed by atoms with van der Waals surface area (Å²) in [6, 6.07) is 4.70. The minimum Gasteiger partial charge on any atom is -0.497 e. The topological polar surface area (TPSA) is 51.3 Å². The van der Waals surface area contributed by atoms with Crippen molar-refractivity contribution in [3.8, 4) is 5.75 Å². The second kappa shape index (κ2) is 5.31. The number of hydrogen-bond acceptors (Lipinski definition) is 3. The van der Waals surface area contributed by atoms with Gasteiger partial charge in [-0.2, -0.15) is 13.2 Å². The van der Waals surface area contributed by atoms with Crippen LogP contribution in [0, 0.1) is 6.92 Å². The average Bonchev–Trinajstić information content (AvgIpc) is 2.73. The Bertz CT molecular complexity index is 676. The van der Waals surface area contributed by atoms with Gasteiger partial charge < -0.3 is 14.5 Å². The van der Waals surface area contributed by atoms with Crippen LogP contribution in [-0.2, 0) is 9.53 Å². The number of ether oxygens (including phenoxy) is 2. The molecule has 21 heavy (non-hydrogen) atoms. The van der Waals surface area contributed by atoms with Crippen LogP contribution in [0.25, 0.3) is 10.9 Å². The van der Waals surface area contributed by atoms with Crippen LogP contribution in [0.2, 0.25) is 0 Å². The van der Waals surface area contributed by atoms with Crippen LogP contribution in [-0.4, -0.2) is 31.3 Å². The van der Waals surface area contributed by atoms with Gasteiger partial charge in [-0.25, -0.2) is 0 Å². The molecule has 1 N–H and O–H groups in total. The van der Waals surface area contributed by atoms with Crippen molar-refractivity contribution in [2.24, 2.45) is 0 Å². The number of rotatable bonds is 3. The molecule has 7 heteroatoms. The molecular weight excluding hydrogens is 287 g/mol. The highest BCUT2D eigenvalue weighted by Crippen LogP contribution is 2.41. The molecule has 4 nitrogen and oxygen atoms in total. The standard InChI is InChI=1S/C14H14F3NO3/c1-7-11(12(13(19)21-3)14(15,16)17)9-6-8(20-2)4-5-10(9)18-7/h4-6,12,18H,1-3H3. The van der Waals surface area contributed by atoms with Crippen LogP contribution in [0.15, 0.2) is 18.2 Å². The predicted octanol–water partition coefficient (Wildman–Crippen LogP) is 3.30. The number of aromatic nitrogens is 1. The molecule has 0 aliphatic carbocycles. The quantitative estimate of drug-likeness (QED) is 0.885. The molecule has 2 rings (SSSR count). The molecule has 0 radical (unpaired) electrons. The molecule has 1 unspecified atom stereocenters. The molecule has 2 aromatic rings. The molecule has 0 amide bonds. The Labute approximate surface area is 118 Å². The zero-order valence-corrected chi connectivity index (χ0v) is 11.7. The molecule has 1 atom stereocenters. The lowest BCUT2D eigenvalue weighted by molar-refractivity contribution is -0.179. The fraction of sp³-hybridized carbons (Fsp3) is 0.357. The molecule has 1 aromatic heterocycles. The second-order valence-electron chi connectivity index (χ2n) is 4.57. The minimum absolute atomic E-state index is 0.136. The van der Waals surface area contributed by atoms with Crippen LogP contribution in [0.5, 0.6) is 5.75 Å². The molecule has 0 saturated carbocycles. The molecule has 0 fully saturated rings. The molecule has 0 saturated heterocycles. The molecule has 0 spiro atoms. The third-order valence-electron chi connectivity index (χ3n) is 3.30. The number of fused-ring (bicyclic) bond motifs is 1. The highest BCUT2D eigenvalue weighted by atomic mass is 19.4. The molecule has 114 valence electrons. The summed E-state index contributed by atoms with van der Waals surface area (Å²) in [5.41, 5.74) is 0.635. The number of alkyl halides is 3. The van der Waals surface area contributed by atoms with E-state index in [0.29, 0.717) is 16.7 Å². The van der Waals surface area contributed by atoms with Gasteiger partial charge in [-0.3, -0.25) is 4.79 Å². The number of benzene rings is 1. The summed E-state index contributed by atoms with van der Waals surface area (Å²) >= 11 is 0. The lowest BCUT2D eigenvalue weighted by Gasteiger charge is -2.18. The zero-order valence-electron chi connectivity index (χ0n) is 11.7. The number of H-pyrrole nitrogens is 1. The average molecular weight is 301 g/mol. The van der Waals surface area contributed by atoms with Gasteiger partial charge in [0.1, 0.15) is 5.75 Å². The third-order valence-corrected chi connectivity index (χ3v) is 3.30. The fourth-order valence-corrected chi connectivity index (χ4v) is 2.36. The Hall–Kier alpha value is -2.18. The predicted molar refractivity (Wildman–Crippen MR) is 70.4 cm³/mol. The molecule has 1 heterocycles. The van der Waals surface area contributed by atoms with Gasteiger partial charge in [0.25, 0.3) is 0 Å². The lowest BCUT2D eigenvalue weighted by Crippen LogP contribution is -2.29. The molecule has 0 bridgehead atoms. The second-order valence-corrected chi connectivity index (χ2v) is 4.57. The van der Waals surface area contributed by atoms with E-state index in [9.17, 15) is 18.0 Å². The Kier molecular flexibility index (Phi) is 3.85. The van der Waals surface area contributed by atoms with Crippen molar-refractivity contribution in [2.75, 3.05) is 14.2 Å². The molecule has 1 aromatic carbocycles. The summed E-state index contributed by atoms with van der Waals surface area (Å²) in [4.78, 5) is 14.5. The van der Waals surface area contributed by atoms with Gasteiger partial charge in [-0.1, -0.05) is 0 Å². The van der Waals surface area contributed by atoms with E-state index in [1.807, 2.05) is 0 Å². The number of aromatic amines is 1. The largest absolute Gasteiger partial charge is 0.497 e. The first kappa shape index (κ1) is 15.2. The summed E-state index contributed by atoms with van der Waals surface area (Å²) in [7, 11) is 2.35. The van der Waals surface area contributed by atoms with Crippen LogP contribution >= 0.6 is 0 Å². The summed E-state index contributed by atoms with van der Waals surface area (Å²) in [6.45, 7) is 1.49. The molecule has 0 aliphatic heterocycles. The van der Waals surface area contributed by atoms with E-state index in [1.165, 1.54) is 20.1 Å². The smallest absolute Gasteiger partial charge is 0.406 e. The van der Waals surface area contributed by atoms with Gasteiger partial charge in [-0.15, -0.1) is 0 Å². The number of nitrogens with one attached hydrogen (secondary N) is 1. The Morgan fingerprint density at radius 1 is 1.29 bits per heavy atom. The Morgan fingerprint density at radius 3 is 2.48 bits per heavy atom. The van der Waals surface area contributed by atoms with Crippen molar-refractivity contribution in [1.82, 2.24) is 4.98 Å². The summed E-state index contributed by atoms with van der Waals surface area (Å²) in [6.07, 6.45) is -4.74. The molecular formula is C14H14F3NO3. The lowest BCUT2D eigenvalue weighted by atomic mass is 9.95.